The quantitative estimate of drug-likeness (QED) is 0.777. The number of rotatable bonds is 1. The minimum Gasteiger partial charge on any atom is -1.00 e. The monoisotopic (exact) mass is 324 g/mol. The van der Waals surface area contributed by atoms with Gasteiger partial charge in [-0.1, -0.05) is 29.3 Å². The molecule has 1 aromatic carbocycles. The topological polar surface area (TPSA) is 37.3 Å². The summed E-state index contributed by atoms with van der Waals surface area (Å²) < 4.78 is 0. The molecule has 0 atom stereocenters. The number of aromatic carboxylic acids is 1. The van der Waals surface area contributed by atoms with Gasteiger partial charge >= 0.3 is 74.9 Å². The molecule has 12 heavy (non-hydrogen) atoms. The van der Waals surface area contributed by atoms with Crippen LogP contribution < -0.4 is 68.9 Å². The summed E-state index contributed by atoms with van der Waals surface area (Å²) in [5.74, 6) is -1.11. The van der Waals surface area contributed by atoms with E-state index in [9.17, 15) is 4.79 Å². The van der Waals surface area contributed by atoms with E-state index in [0.717, 1.165) is 0 Å². The fraction of sp³-hybridized carbons (Fsp3) is 0. The van der Waals surface area contributed by atoms with E-state index in [1.54, 1.807) is 6.07 Å². The van der Waals surface area contributed by atoms with Gasteiger partial charge in [-0.05, 0) is 12.1 Å². The SMILES string of the molecule is O=C(O)c1c(Cl)cccc1Cl.[Cs+].[H-]. The summed E-state index contributed by atoms with van der Waals surface area (Å²) in [7, 11) is 0. The van der Waals surface area contributed by atoms with Crippen LogP contribution in [0, 0.1) is 0 Å². The molecule has 0 aliphatic carbocycles. The van der Waals surface area contributed by atoms with Crippen LogP contribution in [-0.2, 0) is 0 Å². The van der Waals surface area contributed by atoms with Gasteiger partial charge in [0.05, 0.1) is 15.6 Å². The number of halogens is 2. The Morgan fingerprint density at radius 2 is 1.75 bits per heavy atom. The molecule has 0 saturated heterocycles. The molecule has 1 N–H and O–H groups in total. The van der Waals surface area contributed by atoms with Crippen molar-refractivity contribution in [3.05, 3.63) is 33.8 Å². The second kappa shape index (κ2) is 5.93. The minimum absolute atomic E-state index is 0. The van der Waals surface area contributed by atoms with Crippen molar-refractivity contribution in [1.29, 1.82) is 0 Å². The zero-order valence-electron chi connectivity index (χ0n) is 7.34. The van der Waals surface area contributed by atoms with E-state index < -0.39 is 5.97 Å². The average Bonchev–Trinajstić information content (AvgIpc) is 1.85. The van der Waals surface area contributed by atoms with Gasteiger partial charge in [0.1, 0.15) is 0 Å². The second-order valence-electron chi connectivity index (χ2n) is 1.90. The van der Waals surface area contributed by atoms with Gasteiger partial charge in [0.2, 0.25) is 0 Å². The predicted octanol–water partition coefficient (Wildman–Crippen LogP) is -0.192. The first-order valence-corrected chi connectivity index (χ1v) is 3.56. The standard InChI is InChI=1S/C7H4Cl2O2.Cs.H/c8-4-2-1-3-5(9)6(4)7(10)11;;/h1-3H,(H,10,11);;/q;+1;-1. The number of hydrogen-bond acceptors (Lipinski definition) is 1. The van der Waals surface area contributed by atoms with Crippen LogP contribution in [0.25, 0.3) is 0 Å². The molecule has 60 valence electrons. The molecule has 0 saturated carbocycles. The molecule has 0 aliphatic heterocycles. The molecule has 0 fully saturated rings. The fourth-order valence-corrected chi connectivity index (χ4v) is 1.26. The van der Waals surface area contributed by atoms with E-state index in [1.807, 2.05) is 0 Å². The van der Waals surface area contributed by atoms with Crippen LogP contribution in [0.4, 0.5) is 0 Å². The zero-order chi connectivity index (χ0) is 8.43. The molecule has 0 spiro atoms. The van der Waals surface area contributed by atoms with Gasteiger partial charge in [-0.3, -0.25) is 0 Å². The maximum absolute atomic E-state index is 10.5. The van der Waals surface area contributed by atoms with Crippen molar-refractivity contribution in [3.8, 4) is 0 Å². The molecule has 0 amide bonds. The first-order chi connectivity index (χ1) is 5.13. The maximum Gasteiger partial charge on any atom is 1.00 e. The Kier molecular flexibility index (Phi) is 6.58. The van der Waals surface area contributed by atoms with Crippen LogP contribution in [0.2, 0.25) is 10.0 Å². The molecule has 0 aliphatic rings. The molecular weight excluding hydrogens is 320 g/mol. The first kappa shape index (κ1) is 13.3. The molecule has 0 heterocycles. The summed E-state index contributed by atoms with van der Waals surface area (Å²) in [6, 6.07) is 4.56. The Morgan fingerprint density at radius 1 is 1.33 bits per heavy atom. The summed E-state index contributed by atoms with van der Waals surface area (Å²) in [5, 5.41) is 8.89. The Labute approximate surface area is 140 Å². The van der Waals surface area contributed by atoms with Gasteiger partial charge in [-0.25, -0.2) is 4.79 Å². The van der Waals surface area contributed by atoms with Crippen LogP contribution >= 0.6 is 23.2 Å². The molecule has 1 rings (SSSR count). The summed E-state index contributed by atoms with van der Waals surface area (Å²) in [4.78, 5) is 10.5. The van der Waals surface area contributed by atoms with Gasteiger partial charge in [0, 0.05) is 0 Å². The second-order valence-corrected chi connectivity index (χ2v) is 2.72. The molecule has 0 radical (unpaired) electrons. The van der Waals surface area contributed by atoms with Crippen LogP contribution in [0.15, 0.2) is 18.2 Å². The maximum atomic E-state index is 10.5. The van der Waals surface area contributed by atoms with Crippen LogP contribution in [0.3, 0.4) is 0 Å². The van der Waals surface area contributed by atoms with E-state index in [-0.39, 0.29) is 85.9 Å². The molecule has 0 aromatic heterocycles. The number of carboxylic acids is 1. The van der Waals surface area contributed by atoms with Crippen molar-refractivity contribution in [2.45, 2.75) is 0 Å². The van der Waals surface area contributed by atoms with Crippen LogP contribution in [0.1, 0.15) is 11.8 Å². The van der Waals surface area contributed by atoms with Crippen LogP contribution in [0.5, 0.6) is 0 Å². The minimum atomic E-state index is -1.11. The summed E-state index contributed by atoms with van der Waals surface area (Å²) in [5.41, 5.74) is -0.0455. The van der Waals surface area contributed by atoms with E-state index in [1.165, 1.54) is 12.1 Å². The Bertz CT molecular complexity index is 286. The number of carbonyl (C=O) groups is 1. The smallest absolute Gasteiger partial charge is 1.00 e. The number of benzene rings is 1. The van der Waals surface area contributed by atoms with Crippen molar-refractivity contribution in [3.63, 3.8) is 0 Å². The molecule has 1 aromatic rings. The van der Waals surface area contributed by atoms with Gasteiger partial charge in [-0.2, -0.15) is 0 Å². The van der Waals surface area contributed by atoms with Crippen molar-refractivity contribution in [2.75, 3.05) is 0 Å². The molecular formula is C7H5Cl2CsO2. The fourth-order valence-electron chi connectivity index (χ4n) is 0.702. The third-order valence-corrected chi connectivity index (χ3v) is 1.81. The van der Waals surface area contributed by atoms with Crippen molar-refractivity contribution < 1.29 is 80.2 Å². The van der Waals surface area contributed by atoms with Crippen molar-refractivity contribution in [2.24, 2.45) is 0 Å². The van der Waals surface area contributed by atoms with E-state index in [4.69, 9.17) is 28.3 Å². The van der Waals surface area contributed by atoms with Crippen molar-refractivity contribution in [1.82, 2.24) is 0 Å². The third-order valence-electron chi connectivity index (χ3n) is 1.18. The normalized spacial score (nSPS) is 8.83. The average molecular weight is 325 g/mol. The zero-order valence-corrected chi connectivity index (χ0v) is 14.1. The molecule has 5 heteroatoms. The third kappa shape index (κ3) is 3.23. The first-order valence-electron chi connectivity index (χ1n) is 2.80. The van der Waals surface area contributed by atoms with Gasteiger partial charge in [0.25, 0.3) is 0 Å². The predicted molar refractivity (Wildman–Crippen MR) is 44.5 cm³/mol. The van der Waals surface area contributed by atoms with E-state index in [0.29, 0.717) is 0 Å². The largest absolute Gasteiger partial charge is 1.00 e. The van der Waals surface area contributed by atoms with Crippen LogP contribution in [-0.4, -0.2) is 11.1 Å². The Balaban J connectivity index is 0. The Morgan fingerprint density at radius 3 is 2.00 bits per heavy atom. The number of carboxylic acid groups (broad SMARTS) is 1. The molecule has 0 bridgehead atoms. The Hall–Kier alpha value is 1.32. The molecule has 2 nitrogen and oxygen atoms in total. The molecule has 0 unspecified atom stereocenters. The van der Waals surface area contributed by atoms with Gasteiger partial charge in [-0.15, -0.1) is 0 Å². The summed E-state index contributed by atoms with van der Waals surface area (Å²) in [6.07, 6.45) is 0. The van der Waals surface area contributed by atoms with E-state index in [2.05, 4.69) is 0 Å². The van der Waals surface area contributed by atoms with Crippen molar-refractivity contribution >= 4 is 29.2 Å². The summed E-state index contributed by atoms with van der Waals surface area (Å²) in [6.45, 7) is 0. The van der Waals surface area contributed by atoms with Gasteiger partial charge < -0.3 is 6.53 Å². The van der Waals surface area contributed by atoms with Gasteiger partial charge in [0.15, 0.2) is 0 Å². The van der Waals surface area contributed by atoms with E-state index >= 15 is 0 Å². The summed E-state index contributed by atoms with van der Waals surface area (Å²) >= 11 is 11.1. The number of hydrogen-bond donors (Lipinski definition) is 1.